The number of hydrogen-bond acceptors (Lipinski definition) is 1. The molecule has 0 saturated heterocycles. The lowest BCUT2D eigenvalue weighted by Gasteiger charge is -2.22. The summed E-state index contributed by atoms with van der Waals surface area (Å²) in [5, 5.41) is 3.21. The Morgan fingerprint density at radius 1 is 1.04 bits per heavy atom. The summed E-state index contributed by atoms with van der Waals surface area (Å²) in [5.74, 6) is 0.100. The van der Waals surface area contributed by atoms with Crippen molar-refractivity contribution in [3.63, 3.8) is 0 Å². The molecule has 1 N–H and O–H groups in total. The van der Waals surface area contributed by atoms with Gasteiger partial charge in [0.05, 0.1) is 12.5 Å². The van der Waals surface area contributed by atoms with E-state index in [1.54, 1.807) is 0 Å². The van der Waals surface area contributed by atoms with Gasteiger partial charge in [0, 0.05) is 0 Å². The van der Waals surface area contributed by atoms with Crippen LogP contribution in [0.3, 0.4) is 0 Å². The minimum absolute atomic E-state index is 0.100. The van der Waals surface area contributed by atoms with Gasteiger partial charge < -0.3 is 5.32 Å². The molecule has 0 fully saturated rings. The third-order valence-electron chi connectivity index (χ3n) is 5.00. The van der Waals surface area contributed by atoms with Crippen LogP contribution in [0.5, 0.6) is 0 Å². The maximum absolute atomic E-state index is 12.4. The fraction of sp³-hybridized carbons (Fsp3) is 0.409. The summed E-state index contributed by atoms with van der Waals surface area (Å²) in [5.41, 5.74) is 6.50. The summed E-state index contributed by atoms with van der Waals surface area (Å²) >= 11 is 0. The van der Waals surface area contributed by atoms with Gasteiger partial charge in [0.15, 0.2) is 0 Å². The lowest BCUT2D eigenvalue weighted by molar-refractivity contribution is -0.121. The van der Waals surface area contributed by atoms with Crippen molar-refractivity contribution in [2.75, 3.05) is 0 Å². The predicted molar refractivity (Wildman–Crippen MR) is 99.1 cm³/mol. The van der Waals surface area contributed by atoms with Gasteiger partial charge in [-0.05, 0) is 61.3 Å². The Morgan fingerprint density at radius 3 is 2.46 bits per heavy atom. The summed E-state index contributed by atoms with van der Waals surface area (Å²) in [6, 6.07) is 15.1. The number of benzene rings is 2. The summed E-state index contributed by atoms with van der Waals surface area (Å²) < 4.78 is 0. The van der Waals surface area contributed by atoms with E-state index >= 15 is 0 Å². The van der Waals surface area contributed by atoms with E-state index in [0.717, 1.165) is 12.0 Å². The second-order valence-corrected chi connectivity index (χ2v) is 6.93. The van der Waals surface area contributed by atoms with Crippen molar-refractivity contribution in [3.05, 3.63) is 70.3 Å². The number of carbonyl (C=O) groups is 1. The topological polar surface area (TPSA) is 29.1 Å². The molecule has 2 nitrogen and oxygen atoms in total. The Labute approximate surface area is 145 Å². The summed E-state index contributed by atoms with van der Waals surface area (Å²) in [7, 11) is 0. The van der Waals surface area contributed by atoms with Gasteiger partial charge in [0.25, 0.3) is 0 Å². The molecular formula is C22H27NO. The summed E-state index contributed by atoms with van der Waals surface area (Å²) in [4.78, 5) is 12.4. The molecule has 1 atom stereocenters. The average molecular weight is 321 g/mol. The minimum atomic E-state index is 0.100. The zero-order valence-corrected chi connectivity index (χ0v) is 14.8. The smallest absolute Gasteiger partial charge is 0.224 e. The van der Waals surface area contributed by atoms with E-state index in [0.29, 0.717) is 6.42 Å². The monoisotopic (exact) mass is 321 g/mol. The molecule has 2 aromatic carbocycles. The molecule has 126 valence electrons. The number of hydrogen-bond donors (Lipinski definition) is 1. The van der Waals surface area contributed by atoms with Crippen molar-refractivity contribution in [1.29, 1.82) is 0 Å². The van der Waals surface area contributed by atoms with Gasteiger partial charge in [-0.2, -0.15) is 0 Å². The van der Waals surface area contributed by atoms with E-state index < -0.39 is 0 Å². The van der Waals surface area contributed by atoms with Crippen LogP contribution in [0.15, 0.2) is 42.5 Å². The van der Waals surface area contributed by atoms with E-state index in [-0.39, 0.29) is 11.9 Å². The van der Waals surface area contributed by atoms with Crippen molar-refractivity contribution in [3.8, 4) is 0 Å². The zero-order valence-electron chi connectivity index (χ0n) is 14.8. The first-order valence-corrected chi connectivity index (χ1v) is 9.12. The number of carbonyl (C=O) groups excluding carboxylic acids is 1. The van der Waals surface area contributed by atoms with Crippen LogP contribution in [0.25, 0.3) is 0 Å². The van der Waals surface area contributed by atoms with E-state index in [1.165, 1.54) is 47.9 Å². The van der Waals surface area contributed by atoms with Crippen LogP contribution in [0.1, 0.15) is 60.0 Å². The van der Waals surface area contributed by atoms with Gasteiger partial charge in [0.2, 0.25) is 5.91 Å². The molecule has 0 aliphatic heterocycles. The largest absolute Gasteiger partial charge is 0.349 e. The fourth-order valence-electron chi connectivity index (χ4n) is 3.53. The Hall–Kier alpha value is -2.09. The van der Waals surface area contributed by atoms with Crippen molar-refractivity contribution < 1.29 is 4.79 Å². The Morgan fingerprint density at radius 2 is 1.75 bits per heavy atom. The third kappa shape index (κ3) is 4.05. The van der Waals surface area contributed by atoms with Crippen molar-refractivity contribution >= 4 is 5.91 Å². The first-order chi connectivity index (χ1) is 11.7. The molecule has 0 radical (unpaired) electrons. The molecule has 1 aliphatic rings. The molecule has 2 aromatic rings. The molecule has 24 heavy (non-hydrogen) atoms. The van der Waals surface area contributed by atoms with Gasteiger partial charge in [-0.3, -0.25) is 4.79 Å². The Bertz CT molecular complexity index is 702. The van der Waals surface area contributed by atoms with Crippen LogP contribution < -0.4 is 5.32 Å². The van der Waals surface area contributed by atoms with Crippen LogP contribution in [0.2, 0.25) is 0 Å². The zero-order chi connectivity index (χ0) is 16.9. The van der Waals surface area contributed by atoms with Crippen molar-refractivity contribution in [2.45, 2.75) is 58.4 Å². The molecule has 1 aliphatic carbocycles. The van der Waals surface area contributed by atoms with Crippen LogP contribution in [-0.4, -0.2) is 5.91 Å². The van der Waals surface area contributed by atoms with Crippen LogP contribution in [-0.2, 0) is 24.1 Å². The quantitative estimate of drug-likeness (QED) is 0.851. The number of nitrogens with one attached hydrogen (secondary N) is 1. The highest BCUT2D eigenvalue weighted by atomic mass is 16.1. The molecule has 0 bridgehead atoms. The second kappa shape index (κ2) is 7.65. The molecule has 0 saturated carbocycles. The molecule has 3 rings (SSSR count). The first kappa shape index (κ1) is 16.8. The molecule has 1 amide bonds. The third-order valence-corrected chi connectivity index (χ3v) is 5.00. The SMILES string of the molecule is CC[C@H](NC(=O)Cc1ccc(C)cc1)c1ccc2c(c1)CCCC2. The number of rotatable bonds is 5. The van der Waals surface area contributed by atoms with Crippen LogP contribution in [0.4, 0.5) is 0 Å². The molecule has 0 aromatic heterocycles. The summed E-state index contributed by atoms with van der Waals surface area (Å²) in [6.07, 6.45) is 6.33. The fourth-order valence-corrected chi connectivity index (χ4v) is 3.53. The molecule has 0 heterocycles. The van der Waals surface area contributed by atoms with Gasteiger partial charge in [-0.25, -0.2) is 0 Å². The number of amides is 1. The predicted octanol–water partition coefficient (Wildman–Crippen LogP) is 4.68. The standard InChI is InChI=1S/C22H27NO/c1-3-21(20-13-12-18-6-4-5-7-19(18)15-20)23-22(24)14-17-10-8-16(2)9-11-17/h8-13,15,21H,3-7,14H2,1-2H3,(H,23,24)/t21-/m0/s1. The second-order valence-electron chi connectivity index (χ2n) is 6.93. The first-order valence-electron chi connectivity index (χ1n) is 9.12. The Balaban J connectivity index is 1.67. The maximum Gasteiger partial charge on any atom is 0.224 e. The number of aryl methyl sites for hydroxylation is 3. The van der Waals surface area contributed by atoms with Gasteiger partial charge in [0.1, 0.15) is 0 Å². The van der Waals surface area contributed by atoms with E-state index in [1.807, 2.05) is 12.1 Å². The lowest BCUT2D eigenvalue weighted by Crippen LogP contribution is -2.29. The molecule has 0 unspecified atom stereocenters. The van der Waals surface area contributed by atoms with E-state index in [2.05, 4.69) is 49.5 Å². The lowest BCUT2D eigenvalue weighted by atomic mass is 9.88. The highest BCUT2D eigenvalue weighted by Gasteiger charge is 2.16. The number of fused-ring (bicyclic) bond motifs is 1. The van der Waals surface area contributed by atoms with Crippen LogP contribution >= 0.6 is 0 Å². The van der Waals surface area contributed by atoms with E-state index in [4.69, 9.17) is 0 Å². The Kier molecular flexibility index (Phi) is 5.34. The summed E-state index contributed by atoms with van der Waals surface area (Å²) in [6.45, 7) is 4.20. The molecular weight excluding hydrogens is 294 g/mol. The maximum atomic E-state index is 12.4. The van der Waals surface area contributed by atoms with Gasteiger partial charge in [-0.15, -0.1) is 0 Å². The molecule has 2 heteroatoms. The normalized spacial score (nSPS) is 14.8. The van der Waals surface area contributed by atoms with E-state index in [9.17, 15) is 4.79 Å². The van der Waals surface area contributed by atoms with Gasteiger partial charge >= 0.3 is 0 Å². The van der Waals surface area contributed by atoms with Gasteiger partial charge in [-0.1, -0.05) is 55.0 Å². The highest BCUT2D eigenvalue weighted by molar-refractivity contribution is 5.79. The average Bonchev–Trinajstić information content (AvgIpc) is 2.61. The highest BCUT2D eigenvalue weighted by Crippen LogP contribution is 2.26. The molecule has 0 spiro atoms. The van der Waals surface area contributed by atoms with Crippen molar-refractivity contribution in [1.82, 2.24) is 5.32 Å². The van der Waals surface area contributed by atoms with Crippen molar-refractivity contribution in [2.24, 2.45) is 0 Å². The minimum Gasteiger partial charge on any atom is -0.349 e. The van der Waals surface area contributed by atoms with Crippen LogP contribution in [0, 0.1) is 6.92 Å².